The number of nitrogens with zero attached hydrogens (tertiary/aromatic N) is 1. The fourth-order valence-electron chi connectivity index (χ4n) is 2.25. The van der Waals surface area contributed by atoms with Gasteiger partial charge in [0, 0.05) is 12.3 Å². The van der Waals surface area contributed by atoms with Crippen molar-refractivity contribution in [1.82, 2.24) is 9.55 Å². The molecule has 100 valence electrons. The van der Waals surface area contributed by atoms with Gasteiger partial charge < -0.3 is 9.47 Å². The molecular weight excluding hydrogens is 276 g/mol. The van der Waals surface area contributed by atoms with Crippen LogP contribution in [0.2, 0.25) is 0 Å². The molecular formula is C11H9ClN2O5. The van der Waals surface area contributed by atoms with Crippen molar-refractivity contribution < 1.29 is 14.3 Å². The molecule has 0 amide bonds. The topological polar surface area (TPSA) is 90.4 Å². The maximum absolute atomic E-state index is 11.8. The van der Waals surface area contributed by atoms with Crippen LogP contribution in [0.4, 0.5) is 0 Å². The molecule has 3 rings (SSSR count). The van der Waals surface area contributed by atoms with Crippen LogP contribution in [0.5, 0.6) is 0 Å². The molecule has 2 heterocycles. The predicted octanol–water partition coefficient (Wildman–Crippen LogP) is -0.340. The van der Waals surface area contributed by atoms with E-state index in [4.69, 9.17) is 21.1 Å². The Morgan fingerprint density at radius 2 is 1.95 bits per heavy atom. The number of rotatable bonds is 1. The molecule has 8 heteroatoms. The number of hydrogen-bond donors (Lipinski definition) is 1. The van der Waals surface area contributed by atoms with Gasteiger partial charge in [-0.3, -0.25) is 19.1 Å². The third-order valence-electron chi connectivity index (χ3n) is 3.03. The van der Waals surface area contributed by atoms with Gasteiger partial charge in [-0.25, -0.2) is 4.79 Å². The SMILES string of the molecule is O=C1CC2(OCCO2)C(n2ccc(=O)[nH]c2=O)=C1Cl. The van der Waals surface area contributed by atoms with Gasteiger partial charge in [0.1, 0.15) is 10.7 Å². The minimum atomic E-state index is -1.32. The molecule has 0 saturated carbocycles. The monoisotopic (exact) mass is 284 g/mol. The summed E-state index contributed by atoms with van der Waals surface area (Å²) < 4.78 is 12.0. The predicted molar refractivity (Wildman–Crippen MR) is 64.7 cm³/mol. The first-order valence-corrected chi connectivity index (χ1v) is 5.95. The standard InChI is InChI=1S/C11H9ClN2O5/c12-8-6(15)5-11(18-3-4-19-11)9(8)14-2-1-7(16)13-10(14)17/h1-2H,3-5H2,(H,13,16,17). The van der Waals surface area contributed by atoms with Gasteiger partial charge >= 0.3 is 5.69 Å². The molecule has 0 unspecified atom stereocenters. The first kappa shape index (κ1) is 12.3. The Balaban J connectivity index is 2.23. The maximum atomic E-state index is 11.8. The van der Waals surface area contributed by atoms with Crippen molar-refractivity contribution in [2.24, 2.45) is 0 Å². The molecule has 1 fully saturated rings. The summed E-state index contributed by atoms with van der Waals surface area (Å²) in [5.74, 6) is -1.69. The van der Waals surface area contributed by atoms with Crippen LogP contribution in [0.3, 0.4) is 0 Å². The highest BCUT2D eigenvalue weighted by atomic mass is 35.5. The lowest BCUT2D eigenvalue weighted by molar-refractivity contribution is -0.133. The Morgan fingerprint density at radius 3 is 2.58 bits per heavy atom. The van der Waals surface area contributed by atoms with Gasteiger partial charge in [-0.15, -0.1) is 0 Å². The molecule has 0 radical (unpaired) electrons. The van der Waals surface area contributed by atoms with Crippen molar-refractivity contribution in [3.63, 3.8) is 0 Å². The molecule has 1 saturated heterocycles. The molecule has 2 aliphatic rings. The van der Waals surface area contributed by atoms with Crippen LogP contribution in [0.1, 0.15) is 6.42 Å². The van der Waals surface area contributed by atoms with Crippen molar-refractivity contribution in [3.8, 4) is 0 Å². The Morgan fingerprint density at radius 1 is 1.26 bits per heavy atom. The molecule has 0 aromatic carbocycles. The third-order valence-corrected chi connectivity index (χ3v) is 3.42. The Kier molecular flexibility index (Phi) is 2.70. The molecule has 1 aromatic heterocycles. The highest BCUT2D eigenvalue weighted by molar-refractivity contribution is 6.46. The highest BCUT2D eigenvalue weighted by Gasteiger charge is 2.51. The average molecular weight is 285 g/mol. The number of carbonyl (C=O) groups excluding carboxylic acids is 1. The number of carbonyl (C=O) groups is 1. The van der Waals surface area contributed by atoms with Crippen LogP contribution >= 0.6 is 11.6 Å². The summed E-state index contributed by atoms with van der Waals surface area (Å²) in [4.78, 5) is 36.7. The normalized spacial score (nSPS) is 21.6. The van der Waals surface area contributed by atoms with Gasteiger partial charge in [-0.05, 0) is 0 Å². The largest absolute Gasteiger partial charge is 0.342 e. The van der Waals surface area contributed by atoms with Crippen LogP contribution in [-0.2, 0) is 14.3 Å². The number of allylic oxidation sites excluding steroid dienone is 1. The Bertz CT molecular complexity index is 696. The summed E-state index contributed by atoms with van der Waals surface area (Å²) in [5.41, 5.74) is -1.11. The third kappa shape index (κ3) is 1.78. The first-order chi connectivity index (χ1) is 9.03. The van der Waals surface area contributed by atoms with Crippen LogP contribution in [0.15, 0.2) is 26.9 Å². The van der Waals surface area contributed by atoms with Gasteiger partial charge in [0.15, 0.2) is 5.78 Å². The Hall–Kier alpha value is -1.70. The van der Waals surface area contributed by atoms with E-state index in [9.17, 15) is 14.4 Å². The van der Waals surface area contributed by atoms with E-state index in [1.165, 1.54) is 6.20 Å². The fraction of sp³-hybridized carbons (Fsp3) is 0.364. The summed E-state index contributed by atoms with van der Waals surface area (Å²) >= 11 is 5.96. The lowest BCUT2D eigenvalue weighted by Crippen LogP contribution is -2.38. The minimum absolute atomic E-state index is 0.0767. The number of hydrogen-bond acceptors (Lipinski definition) is 5. The molecule has 7 nitrogen and oxygen atoms in total. The summed E-state index contributed by atoms with van der Waals surface area (Å²) in [6.07, 6.45) is 1.16. The molecule has 1 spiro atoms. The number of aromatic nitrogens is 2. The quantitative estimate of drug-likeness (QED) is 0.762. The number of ketones is 1. The summed E-state index contributed by atoms with van der Waals surface area (Å²) in [7, 11) is 0. The maximum Gasteiger partial charge on any atom is 0.332 e. The van der Waals surface area contributed by atoms with Crippen LogP contribution in [0.25, 0.3) is 5.70 Å². The number of aromatic amines is 1. The molecule has 1 N–H and O–H groups in total. The van der Waals surface area contributed by atoms with Crippen molar-refractivity contribution in [1.29, 1.82) is 0 Å². The smallest absolute Gasteiger partial charge is 0.332 e. The highest BCUT2D eigenvalue weighted by Crippen LogP contribution is 2.43. The molecule has 0 atom stereocenters. The molecule has 1 aliphatic heterocycles. The van der Waals surface area contributed by atoms with E-state index in [0.29, 0.717) is 13.2 Å². The van der Waals surface area contributed by atoms with E-state index in [-0.39, 0.29) is 22.9 Å². The van der Waals surface area contributed by atoms with E-state index < -0.39 is 17.0 Å². The van der Waals surface area contributed by atoms with E-state index >= 15 is 0 Å². The van der Waals surface area contributed by atoms with Crippen LogP contribution in [0, 0.1) is 0 Å². The number of halogens is 1. The van der Waals surface area contributed by atoms with Crippen molar-refractivity contribution in [2.45, 2.75) is 12.2 Å². The number of H-pyrrole nitrogens is 1. The van der Waals surface area contributed by atoms with E-state index in [1.54, 1.807) is 0 Å². The summed E-state index contributed by atoms with van der Waals surface area (Å²) in [6.45, 7) is 0.609. The van der Waals surface area contributed by atoms with Gasteiger partial charge in [0.05, 0.1) is 19.6 Å². The van der Waals surface area contributed by atoms with Gasteiger partial charge in [-0.2, -0.15) is 0 Å². The first-order valence-electron chi connectivity index (χ1n) is 5.57. The van der Waals surface area contributed by atoms with Crippen molar-refractivity contribution in [3.05, 3.63) is 38.1 Å². The van der Waals surface area contributed by atoms with E-state index in [1.807, 2.05) is 0 Å². The van der Waals surface area contributed by atoms with Gasteiger partial charge in [0.2, 0.25) is 5.79 Å². The lowest BCUT2D eigenvalue weighted by Gasteiger charge is -2.25. The van der Waals surface area contributed by atoms with Crippen molar-refractivity contribution >= 4 is 23.1 Å². The lowest BCUT2D eigenvalue weighted by atomic mass is 10.2. The van der Waals surface area contributed by atoms with Gasteiger partial charge in [-0.1, -0.05) is 11.6 Å². The summed E-state index contributed by atoms with van der Waals surface area (Å²) in [6, 6.07) is 1.16. The second-order valence-electron chi connectivity index (χ2n) is 4.19. The Labute approximate surface area is 111 Å². The molecule has 1 aromatic rings. The zero-order chi connectivity index (χ0) is 13.6. The second-order valence-corrected chi connectivity index (χ2v) is 4.57. The second kappa shape index (κ2) is 4.16. The van der Waals surface area contributed by atoms with Crippen LogP contribution in [-0.4, -0.2) is 34.3 Å². The van der Waals surface area contributed by atoms with E-state index in [2.05, 4.69) is 4.98 Å². The molecule has 0 bridgehead atoms. The number of nitrogens with one attached hydrogen (secondary N) is 1. The zero-order valence-electron chi connectivity index (χ0n) is 9.64. The van der Waals surface area contributed by atoms with E-state index in [0.717, 1.165) is 10.6 Å². The number of ether oxygens (including phenoxy) is 2. The fourth-order valence-corrected chi connectivity index (χ4v) is 2.55. The number of Topliss-reactive ketones (excluding diaryl/α,β-unsaturated/α-hetero) is 1. The van der Waals surface area contributed by atoms with Crippen LogP contribution < -0.4 is 11.2 Å². The molecule has 1 aliphatic carbocycles. The molecule has 19 heavy (non-hydrogen) atoms. The average Bonchev–Trinajstić information content (AvgIpc) is 2.89. The van der Waals surface area contributed by atoms with Gasteiger partial charge in [0.25, 0.3) is 5.56 Å². The summed E-state index contributed by atoms with van der Waals surface area (Å²) in [5, 5.41) is -0.115. The zero-order valence-corrected chi connectivity index (χ0v) is 10.4. The van der Waals surface area contributed by atoms with Crippen molar-refractivity contribution in [2.75, 3.05) is 13.2 Å². The minimum Gasteiger partial charge on any atom is -0.342 e.